The van der Waals surface area contributed by atoms with E-state index in [1.54, 1.807) is 0 Å². The van der Waals surface area contributed by atoms with Crippen molar-refractivity contribution < 1.29 is 4.79 Å². The molecule has 2 nitrogen and oxygen atoms in total. The molecule has 3 heteroatoms. The first-order valence-electron chi connectivity index (χ1n) is 7.26. The van der Waals surface area contributed by atoms with Gasteiger partial charge in [0.1, 0.15) is 5.38 Å². The molecule has 0 spiro atoms. The number of alkyl halides is 1. The molecule has 0 bridgehead atoms. The van der Waals surface area contributed by atoms with Crippen molar-refractivity contribution in [1.82, 2.24) is 4.90 Å². The second kappa shape index (κ2) is 5.54. The maximum absolute atomic E-state index is 12.0. The number of carbonyl (C=O) groups excluding carboxylic acids is 1. The molecule has 1 aliphatic carbocycles. The van der Waals surface area contributed by atoms with Crippen molar-refractivity contribution in [2.24, 2.45) is 5.92 Å². The Morgan fingerprint density at radius 1 is 1.11 bits per heavy atom. The minimum Gasteiger partial charge on any atom is -0.332 e. The van der Waals surface area contributed by atoms with E-state index in [0.717, 1.165) is 0 Å². The van der Waals surface area contributed by atoms with Crippen molar-refractivity contribution in [2.45, 2.75) is 50.1 Å². The average molecular weight is 278 g/mol. The van der Waals surface area contributed by atoms with E-state index in [1.165, 1.54) is 37.7 Å². The van der Waals surface area contributed by atoms with Crippen LogP contribution in [0.2, 0.25) is 0 Å². The zero-order valence-corrected chi connectivity index (χ0v) is 11.9. The number of carbonyl (C=O) groups is 1. The number of hydrogen-bond donors (Lipinski definition) is 0. The minimum absolute atomic E-state index is 0.112. The van der Waals surface area contributed by atoms with Gasteiger partial charge >= 0.3 is 0 Å². The van der Waals surface area contributed by atoms with Gasteiger partial charge in [0.15, 0.2) is 0 Å². The van der Waals surface area contributed by atoms with Gasteiger partial charge in [-0.3, -0.25) is 4.79 Å². The maximum Gasteiger partial charge on any atom is 0.243 e. The van der Waals surface area contributed by atoms with Crippen LogP contribution in [0.1, 0.15) is 37.7 Å². The van der Waals surface area contributed by atoms with E-state index in [2.05, 4.69) is 12.1 Å². The van der Waals surface area contributed by atoms with Crippen LogP contribution in [0.25, 0.3) is 0 Å². The van der Waals surface area contributed by atoms with Crippen LogP contribution < -0.4 is 0 Å². The SMILES string of the molecule is O=C1[C@@H](Cl)[C@@H](C2CCCCC2)N1Cc1ccccc1. The topological polar surface area (TPSA) is 20.3 Å². The predicted octanol–water partition coefficient (Wildman–Crippen LogP) is 3.59. The summed E-state index contributed by atoms with van der Waals surface area (Å²) < 4.78 is 0. The normalized spacial score (nSPS) is 28.3. The monoisotopic (exact) mass is 277 g/mol. The minimum atomic E-state index is -0.285. The largest absolute Gasteiger partial charge is 0.332 e. The molecule has 102 valence electrons. The molecule has 2 atom stereocenters. The molecule has 1 aromatic rings. The van der Waals surface area contributed by atoms with Crippen molar-refractivity contribution in [3.63, 3.8) is 0 Å². The summed E-state index contributed by atoms with van der Waals surface area (Å²) in [5, 5.41) is -0.285. The molecule has 2 aliphatic rings. The van der Waals surface area contributed by atoms with E-state index < -0.39 is 0 Å². The van der Waals surface area contributed by atoms with Crippen LogP contribution in [0, 0.1) is 5.92 Å². The Labute approximate surface area is 119 Å². The van der Waals surface area contributed by atoms with Gasteiger partial charge in [0.05, 0.1) is 6.04 Å². The van der Waals surface area contributed by atoms with E-state index in [9.17, 15) is 4.79 Å². The molecule has 1 saturated heterocycles. The Hall–Kier alpha value is -1.02. The summed E-state index contributed by atoms with van der Waals surface area (Å²) in [4.78, 5) is 14.0. The molecule has 0 N–H and O–H groups in total. The summed E-state index contributed by atoms with van der Waals surface area (Å²) >= 11 is 6.27. The fourth-order valence-electron chi connectivity index (χ4n) is 3.46. The smallest absolute Gasteiger partial charge is 0.243 e. The standard InChI is InChI=1S/C16H20ClNO/c17-14-15(13-9-5-2-6-10-13)18(16(14)19)11-12-7-3-1-4-8-12/h1,3-4,7-8,13-15H,2,5-6,9-11H2/t14-,15+/m0/s1. The number of amides is 1. The molecule has 0 aromatic heterocycles. The third kappa shape index (κ3) is 2.51. The molecule has 2 fully saturated rings. The molecule has 0 radical (unpaired) electrons. The van der Waals surface area contributed by atoms with Crippen LogP contribution in [0.3, 0.4) is 0 Å². The maximum atomic E-state index is 12.0. The van der Waals surface area contributed by atoms with Crippen LogP contribution in [-0.4, -0.2) is 22.2 Å². The molecule has 19 heavy (non-hydrogen) atoms. The molecular weight excluding hydrogens is 258 g/mol. The van der Waals surface area contributed by atoms with Crippen LogP contribution in [0.5, 0.6) is 0 Å². The van der Waals surface area contributed by atoms with Crippen molar-refractivity contribution in [3.05, 3.63) is 35.9 Å². The molecule has 1 aromatic carbocycles. The number of hydrogen-bond acceptors (Lipinski definition) is 1. The van der Waals surface area contributed by atoms with E-state index >= 15 is 0 Å². The Morgan fingerprint density at radius 3 is 2.47 bits per heavy atom. The molecule has 1 amide bonds. The Kier molecular flexibility index (Phi) is 3.79. The lowest BCUT2D eigenvalue weighted by Gasteiger charge is -2.49. The summed E-state index contributed by atoms with van der Waals surface area (Å²) in [6.07, 6.45) is 6.37. The fourth-order valence-corrected chi connectivity index (χ4v) is 3.93. The first-order valence-corrected chi connectivity index (χ1v) is 7.69. The molecule has 0 unspecified atom stereocenters. The highest BCUT2D eigenvalue weighted by atomic mass is 35.5. The second-order valence-corrected chi connectivity index (χ2v) is 6.21. The van der Waals surface area contributed by atoms with E-state index in [0.29, 0.717) is 12.5 Å². The zero-order chi connectivity index (χ0) is 13.2. The fraction of sp³-hybridized carbons (Fsp3) is 0.562. The summed E-state index contributed by atoms with van der Waals surface area (Å²) in [5.74, 6) is 0.721. The van der Waals surface area contributed by atoms with Gasteiger partial charge in [-0.05, 0) is 24.3 Å². The van der Waals surface area contributed by atoms with Gasteiger partial charge in [0.2, 0.25) is 5.91 Å². The molecule has 1 heterocycles. The number of halogens is 1. The Bertz CT molecular complexity index is 441. The lowest BCUT2D eigenvalue weighted by molar-refractivity contribution is -0.149. The molecule has 1 aliphatic heterocycles. The van der Waals surface area contributed by atoms with Gasteiger partial charge in [-0.2, -0.15) is 0 Å². The highest BCUT2D eigenvalue weighted by Crippen LogP contribution is 2.39. The number of nitrogens with zero attached hydrogens (tertiary/aromatic N) is 1. The first kappa shape index (κ1) is 13.0. The van der Waals surface area contributed by atoms with Gasteiger partial charge in [0.25, 0.3) is 0 Å². The van der Waals surface area contributed by atoms with E-state index in [4.69, 9.17) is 11.6 Å². The molecule has 1 saturated carbocycles. The Balaban J connectivity index is 1.70. The summed E-state index contributed by atoms with van der Waals surface area (Å²) in [6.45, 7) is 0.712. The summed E-state index contributed by atoms with van der Waals surface area (Å²) in [6, 6.07) is 10.5. The predicted molar refractivity (Wildman–Crippen MR) is 77.0 cm³/mol. The lowest BCUT2D eigenvalue weighted by Crippen LogP contribution is -2.64. The average Bonchev–Trinajstić information content (AvgIpc) is 2.48. The van der Waals surface area contributed by atoms with Gasteiger partial charge in [-0.25, -0.2) is 0 Å². The van der Waals surface area contributed by atoms with Crippen molar-refractivity contribution in [3.8, 4) is 0 Å². The summed E-state index contributed by atoms with van der Waals surface area (Å²) in [5.41, 5.74) is 1.19. The van der Waals surface area contributed by atoms with Crippen LogP contribution >= 0.6 is 11.6 Å². The van der Waals surface area contributed by atoms with E-state index in [1.807, 2.05) is 23.1 Å². The molecular formula is C16H20ClNO. The van der Waals surface area contributed by atoms with Crippen molar-refractivity contribution in [2.75, 3.05) is 0 Å². The molecule has 3 rings (SSSR count). The second-order valence-electron chi connectivity index (χ2n) is 5.74. The first-order chi connectivity index (χ1) is 9.27. The van der Waals surface area contributed by atoms with Crippen LogP contribution in [-0.2, 0) is 11.3 Å². The zero-order valence-electron chi connectivity index (χ0n) is 11.1. The van der Waals surface area contributed by atoms with Gasteiger partial charge in [0, 0.05) is 6.54 Å². The Morgan fingerprint density at radius 2 is 1.79 bits per heavy atom. The number of benzene rings is 1. The van der Waals surface area contributed by atoms with Crippen molar-refractivity contribution >= 4 is 17.5 Å². The highest BCUT2D eigenvalue weighted by molar-refractivity contribution is 6.33. The third-order valence-corrected chi connectivity index (χ3v) is 4.95. The number of rotatable bonds is 3. The third-order valence-electron chi connectivity index (χ3n) is 4.51. The van der Waals surface area contributed by atoms with Crippen LogP contribution in [0.4, 0.5) is 0 Å². The number of β-lactam (4-membered cyclic amide) rings is 1. The lowest BCUT2D eigenvalue weighted by atomic mass is 9.78. The highest BCUT2D eigenvalue weighted by Gasteiger charge is 2.49. The van der Waals surface area contributed by atoms with Crippen LogP contribution in [0.15, 0.2) is 30.3 Å². The van der Waals surface area contributed by atoms with Gasteiger partial charge < -0.3 is 4.90 Å². The quantitative estimate of drug-likeness (QED) is 0.611. The van der Waals surface area contributed by atoms with E-state index in [-0.39, 0.29) is 17.3 Å². The van der Waals surface area contributed by atoms with Crippen molar-refractivity contribution in [1.29, 1.82) is 0 Å². The summed E-state index contributed by atoms with van der Waals surface area (Å²) in [7, 11) is 0. The number of likely N-dealkylation sites (tertiary alicyclic amines) is 1. The van der Waals surface area contributed by atoms with Gasteiger partial charge in [-0.1, -0.05) is 49.6 Å². The van der Waals surface area contributed by atoms with Gasteiger partial charge in [-0.15, -0.1) is 11.6 Å².